The smallest absolute Gasteiger partial charge is 0.301 e. The number of aromatic nitrogens is 1. The van der Waals surface area contributed by atoms with E-state index in [0.717, 1.165) is 4.90 Å². The Morgan fingerprint density at radius 2 is 1.96 bits per heavy atom. The van der Waals surface area contributed by atoms with Crippen LogP contribution in [0.2, 0.25) is 0 Å². The summed E-state index contributed by atoms with van der Waals surface area (Å²) >= 11 is 1.18. The van der Waals surface area contributed by atoms with Crippen LogP contribution in [0.15, 0.2) is 64.3 Å². The van der Waals surface area contributed by atoms with Crippen LogP contribution in [-0.4, -0.2) is 9.91 Å². The normalized spacial score (nSPS) is 9.30. The quantitative estimate of drug-likeness (QED) is 0.508. The van der Waals surface area contributed by atoms with Crippen molar-refractivity contribution in [1.29, 1.82) is 10.5 Å². The van der Waals surface area contributed by atoms with Crippen LogP contribution in [0.5, 0.6) is 0 Å². The van der Waals surface area contributed by atoms with Gasteiger partial charge in [0.05, 0.1) is 4.92 Å². The number of nitro groups is 1. The molecule has 8 heteroatoms. The minimum Gasteiger partial charge on any atom is -0.360 e. The lowest BCUT2D eigenvalue weighted by Gasteiger charge is -2.04. The lowest BCUT2D eigenvalue weighted by atomic mass is 10.3. The number of nitrogens with one attached hydrogen (secondary N) is 1. The molecule has 0 saturated heterocycles. The number of hydrogen-bond acceptors (Lipinski definition) is 7. The van der Waals surface area contributed by atoms with E-state index < -0.39 is 4.92 Å². The first-order valence-corrected chi connectivity index (χ1v) is 7.10. The van der Waals surface area contributed by atoms with E-state index >= 15 is 0 Å². The highest BCUT2D eigenvalue weighted by Crippen LogP contribution is 2.33. The second-order valence-electron chi connectivity index (χ2n) is 4.14. The number of pyridine rings is 1. The van der Waals surface area contributed by atoms with Gasteiger partial charge in [-0.1, -0.05) is 11.8 Å². The van der Waals surface area contributed by atoms with Crippen molar-refractivity contribution >= 4 is 23.1 Å². The number of allylic oxidation sites excluding steroid dienone is 1. The fourth-order valence-corrected chi connectivity index (χ4v) is 2.43. The van der Waals surface area contributed by atoms with Gasteiger partial charge in [0.2, 0.25) is 0 Å². The molecule has 2 aromatic rings. The van der Waals surface area contributed by atoms with Crippen molar-refractivity contribution in [3.05, 3.63) is 64.5 Å². The molecule has 0 aliphatic carbocycles. The Hall–Kier alpha value is -3.36. The molecule has 0 aliphatic rings. The second-order valence-corrected chi connectivity index (χ2v) is 5.20. The van der Waals surface area contributed by atoms with Gasteiger partial charge in [-0.3, -0.25) is 10.1 Å². The van der Waals surface area contributed by atoms with E-state index in [9.17, 15) is 10.1 Å². The highest BCUT2D eigenvalue weighted by atomic mass is 32.2. The minimum absolute atomic E-state index is 0.0347. The number of anilines is 1. The molecule has 1 heterocycles. The summed E-state index contributed by atoms with van der Waals surface area (Å²) in [5.41, 5.74) is 0.607. The van der Waals surface area contributed by atoms with Crippen LogP contribution in [-0.2, 0) is 0 Å². The van der Waals surface area contributed by atoms with Crippen LogP contribution in [0.25, 0.3) is 0 Å². The molecule has 0 spiro atoms. The van der Waals surface area contributed by atoms with Gasteiger partial charge in [0.15, 0.2) is 5.03 Å². The van der Waals surface area contributed by atoms with E-state index in [1.165, 1.54) is 36.3 Å². The lowest BCUT2D eigenvalue weighted by molar-refractivity contribution is -0.388. The molecule has 7 nitrogen and oxygen atoms in total. The van der Waals surface area contributed by atoms with Crippen LogP contribution in [0.4, 0.5) is 11.4 Å². The molecular weight excluding hydrogens is 314 g/mol. The number of nitrogens with zero attached hydrogens (tertiary/aromatic N) is 4. The molecule has 0 unspecified atom stereocenters. The van der Waals surface area contributed by atoms with Crippen molar-refractivity contribution in [2.24, 2.45) is 0 Å². The van der Waals surface area contributed by atoms with Crippen molar-refractivity contribution in [3.8, 4) is 12.1 Å². The van der Waals surface area contributed by atoms with E-state index in [-0.39, 0.29) is 11.3 Å². The highest BCUT2D eigenvalue weighted by Gasteiger charge is 2.15. The van der Waals surface area contributed by atoms with Crippen LogP contribution < -0.4 is 5.32 Å². The van der Waals surface area contributed by atoms with Crippen molar-refractivity contribution in [2.75, 3.05) is 5.32 Å². The number of nitriles is 2. The van der Waals surface area contributed by atoms with E-state index in [1.54, 1.807) is 36.4 Å². The summed E-state index contributed by atoms with van der Waals surface area (Å²) in [6.45, 7) is 0. The van der Waals surface area contributed by atoms with Gasteiger partial charge < -0.3 is 5.32 Å². The Kier molecular flexibility index (Phi) is 5.29. The highest BCUT2D eigenvalue weighted by molar-refractivity contribution is 7.99. The summed E-state index contributed by atoms with van der Waals surface area (Å²) in [6, 6.07) is 13.4. The molecule has 23 heavy (non-hydrogen) atoms. The molecule has 0 radical (unpaired) electrons. The Morgan fingerprint density at radius 3 is 2.57 bits per heavy atom. The first kappa shape index (κ1) is 16.0. The third kappa shape index (κ3) is 4.30. The first-order chi connectivity index (χ1) is 11.1. The Labute approximate surface area is 136 Å². The van der Waals surface area contributed by atoms with E-state index in [2.05, 4.69) is 10.3 Å². The van der Waals surface area contributed by atoms with Crippen LogP contribution in [0, 0.1) is 32.8 Å². The third-order valence-electron chi connectivity index (χ3n) is 2.64. The second kappa shape index (κ2) is 7.59. The SMILES string of the molecule is N#CC(C#N)=CNc1ccc(Sc2ncccc2[N+](=O)[O-])cc1. The molecule has 112 valence electrons. The fourth-order valence-electron chi connectivity index (χ4n) is 1.58. The van der Waals surface area contributed by atoms with Crippen molar-refractivity contribution in [2.45, 2.75) is 9.92 Å². The van der Waals surface area contributed by atoms with Gasteiger partial charge in [-0.25, -0.2) is 4.98 Å². The standard InChI is InChI=1S/C15H9N5O2S/c16-8-11(9-17)10-19-12-3-5-13(6-4-12)23-15-14(20(21)22)2-1-7-18-15/h1-7,10,19H. The summed E-state index contributed by atoms with van der Waals surface area (Å²) in [5, 5.41) is 31.4. The average Bonchev–Trinajstić information content (AvgIpc) is 2.57. The van der Waals surface area contributed by atoms with Gasteiger partial charge in [0.25, 0.3) is 0 Å². The molecule has 0 amide bonds. The fraction of sp³-hybridized carbons (Fsp3) is 0. The number of hydrogen-bond donors (Lipinski definition) is 1. The molecular formula is C15H9N5O2S. The van der Waals surface area contributed by atoms with Crippen LogP contribution in [0.3, 0.4) is 0 Å². The monoisotopic (exact) mass is 323 g/mol. The van der Waals surface area contributed by atoms with E-state index in [1.807, 2.05) is 0 Å². The maximum Gasteiger partial charge on any atom is 0.301 e. The summed E-state index contributed by atoms with van der Waals surface area (Å²) in [7, 11) is 0. The zero-order valence-electron chi connectivity index (χ0n) is 11.6. The van der Waals surface area contributed by atoms with Crippen molar-refractivity contribution in [3.63, 3.8) is 0 Å². The third-order valence-corrected chi connectivity index (χ3v) is 3.66. The Morgan fingerprint density at radius 1 is 1.26 bits per heavy atom. The number of benzene rings is 1. The molecule has 1 aromatic heterocycles. The Balaban J connectivity index is 2.13. The average molecular weight is 323 g/mol. The van der Waals surface area contributed by atoms with Gasteiger partial charge >= 0.3 is 5.69 Å². The topological polar surface area (TPSA) is 116 Å². The zero-order chi connectivity index (χ0) is 16.7. The largest absolute Gasteiger partial charge is 0.360 e. The molecule has 1 aromatic carbocycles. The minimum atomic E-state index is -0.471. The summed E-state index contributed by atoms with van der Waals surface area (Å²) < 4.78 is 0. The molecule has 0 bridgehead atoms. The maximum atomic E-state index is 11.0. The summed E-state index contributed by atoms with van der Waals surface area (Å²) in [6.07, 6.45) is 2.81. The van der Waals surface area contributed by atoms with E-state index in [4.69, 9.17) is 10.5 Å². The zero-order valence-corrected chi connectivity index (χ0v) is 12.4. The molecule has 0 atom stereocenters. The van der Waals surface area contributed by atoms with Gasteiger partial charge in [-0.05, 0) is 30.3 Å². The van der Waals surface area contributed by atoms with Gasteiger partial charge in [-0.15, -0.1) is 0 Å². The lowest BCUT2D eigenvalue weighted by Crippen LogP contribution is -1.93. The molecule has 0 fully saturated rings. The van der Waals surface area contributed by atoms with Crippen molar-refractivity contribution < 1.29 is 4.92 Å². The summed E-state index contributed by atoms with van der Waals surface area (Å²) in [4.78, 5) is 15.3. The van der Waals surface area contributed by atoms with Gasteiger partial charge in [0, 0.05) is 29.0 Å². The summed E-state index contributed by atoms with van der Waals surface area (Å²) in [5.74, 6) is 0. The first-order valence-electron chi connectivity index (χ1n) is 6.28. The predicted molar refractivity (Wildman–Crippen MR) is 84.4 cm³/mol. The molecule has 0 saturated carbocycles. The Bertz CT molecular complexity index is 818. The predicted octanol–water partition coefficient (Wildman–Crippen LogP) is 3.48. The van der Waals surface area contributed by atoms with Crippen molar-refractivity contribution in [1.82, 2.24) is 4.98 Å². The van der Waals surface area contributed by atoms with Crippen LogP contribution >= 0.6 is 11.8 Å². The molecule has 0 aliphatic heterocycles. The molecule has 2 rings (SSSR count). The van der Waals surface area contributed by atoms with Gasteiger partial charge in [-0.2, -0.15) is 10.5 Å². The van der Waals surface area contributed by atoms with Crippen LogP contribution in [0.1, 0.15) is 0 Å². The van der Waals surface area contributed by atoms with Gasteiger partial charge in [0.1, 0.15) is 17.7 Å². The molecule has 1 N–H and O–H groups in total. The number of rotatable bonds is 5. The van der Waals surface area contributed by atoms with E-state index in [0.29, 0.717) is 10.7 Å². The maximum absolute atomic E-state index is 11.0.